The molecule has 0 unspecified atom stereocenters. The van der Waals surface area contributed by atoms with Crippen molar-refractivity contribution in [1.82, 2.24) is 14.9 Å². The molecule has 4 heteroatoms. The molecule has 0 atom stereocenters. The number of hydrogen-bond acceptors (Lipinski definition) is 3. The van der Waals surface area contributed by atoms with Gasteiger partial charge in [-0.05, 0) is 41.5 Å². The molecule has 0 aliphatic carbocycles. The summed E-state index contributed by atoms with van der Waals surface area (Å²) in [6, 6.07) is 14.4. The quantitative estimate of drug-likeness (QED) is 0.720. The maximum Gasteiger partial charge on any atom is 0.159 e. The maximum atomic E-state index is 6.07. The highest BCUT2D eigenvalue weighted by atomic mass is 35.5. The van der Waals surface area contributed by atoms with Crippen molar-refractivity contribution >= 4 is 22.6 Å². The second-order valence-corrected chi connectivity index (χ2v) is 6.17. The number of pyridine rings is 2. The van der Waals surface area contributed by atoms with E-state index in [-0.39, 0.29) is 0 Å². The summed E-state index contributed by atoms with van der Waals surface area (Å²) in [5.41, 5.74) is 4.61. The molecule has 0 radical (unpaired) electrons. The van der Waals surface area contributed by atoms with Gasteiger partial charge in [0.05, 0.1) is 0 Å². The molecule has 22 heavy (non-hydrogen) atoms. The van der Waals surface area contributed by atoms with Crippen molar-refractivity contribution in [2.45, 2.75) is 19.5 Å². The van der Waals surface area contributed by atoms with Crippen LogP contribution in [0.25, 0.3) is 11.0 Å². The number of benzene rings is 1. The molecule has 0 bridgehead atoms. The van der Waals surface area contributed by atoms with Gasteiger partial charge in [0.15, 0.2) is 5.65 Å². The fourth-order valence-electron chi connectivity index (χ4n) is 3.05. The third-order valence-electron chi connectivity index (χ3n) is 4.11. The monoisotopic (exact) mass is 309 g/mol. The fourth-order valence-corrected chi connectivity index (χ4v) is 3.26. The Bertz CT molecular complexity index is 831. The number of hydrogen-bond donors (Lipinski definition) is 0. The smallest absolute Gasteiger partial charge is 0.159 e. The van der Waals surface area contributed by atoms with E-state index < -0.39 is 0 Å². The van der Waals surface area contributed by atoms with E-state index in [0.717, 1.165) is 42.1 Å². The van der Waals surface area contributed by atoms with Crippen molar-refractivity contribution in [3.63, 3.8) is 0 Å². The predicted molar refractivity (Wildman–Crippen MR) is 88.8 cm³/mol. The second-order valence-electron chi connectivity index (χ2n) is 5.73. The zero-order valence-electron chi connectivity index (χ0n) is 12.2. The summed E-state index contributed by atoms with van der Waals surface area (Å²) in [4.78, 5) is 11.5. The lowest BCUT2D eigenvalue weighted by Crippen LogP contribution is -2.30. The van der Waals surface area contributed by atoms with E-state index >= 15 is 0 Å². The number of aromatic nitrogens is 2. The van der Waals surface area contributed by atoms with Crippen molar-refractivity contribution < 1.29 is 0 Å². The molecule has 0 saturated carbocycles. The van der Waals surface area contributed by atoms with Crippen LogP contribution in [-0.4, -0.2) is 21.4 Å². The number of halogens is 1. The lowest BCUT2D eigenvalue weighted by Gasteiger charge is -2.28. The number of nitrogens with zero attached hydrogens (tertiary/aromatic N) is 3. The Labute approximate surface area is 134 Å². The van der Waals surface area contributed by atoms with Crippen molar-refractivity contribution in [2.75, 3.05) is 6.54 Å². The average molecular weight is 310 g/mol. The molecule has 0 spiro atoms. The van der Waals surface area contributed by atoms with Gasteiger partial charge in [-0.25, -0.2) is 9.97 Å². The van der Waals surface area contributed by atoms with E-state index in [2.05, 4.69) is 28.1 Å². The third-order valence-corrected chi connectivity index (χ3v) is 4.35. The van der Waals surface area contributed by atoms with Gasteiger partial charge in [0.25, 0.3) is 0 Å². The van der Waals surface area contributed by atoms with Gasteiger partial charge < -0.3 is 0 Å². The minimum Gasteiger partial charge on any atom is -0.294 e. The summed E-state index contributed by atoms with van der Waals surface area (Å²) in [7, 11) is 0. The Balaban J connectivity index is 1.59. The molecule has 3 heterocycles. The summed E-state index contributed by atoms with van der Waals surface area (Å²) >= 11 is 6.07. The van der Waals surface area contributed by atoms with E-state index in [1.54, 1.807) is 6.20 Å². The molecule has 2 aromatic heterocycles. The Morgan fingerprint density at radius 3 is 3.00 bits per heavy atom. The lowest BCUT2D eigenvalue weighted by atomic mass is 10.0. The van der Waals surface area contributed by atoms with Crippen LogP contribution in [0.5, 0.6) is 0 Å². The Morgan fingerprint density at radius 1 is 1.14 bits per heavy atom. The minimum atomic E-state index is 0.800. The van der Waals surface area contributed by atoms with Crippen molar-refractivity contribution in [3.05, 3.63) is 70.5 Å². The molecule has 1 aliphatic heterocycles. The standard InChI is InChI=1S/C18H16ClN3/c19-16-5-1-3-13(9-16)11-22-8-6-17-15(12-22)10-14-4-2-7-20-18(14)21-17/h1-5,7,9-10H,6,8,11-12H2. The van der Waals surface area contributed by atoms with Crippen LogP contribution < -0.4 is 0 Å². The molecule has 1 aromatic carbocycles. The van der Waals surface area contributed by atoms with Gasteiger partial charge in [0.1, 0.15) is 0 Å². The van der Waals surface area contributed by atoms with Gasteiger partial charge in [-0.3, -0.25) is 4.90 Å². The Hall–Kier alpha value is -1.97. The summed E-state index contributed by atoms with van der Waals surface area (Å²) in [6.07, 6.45) is 2.78. The molecule has 0 amide bonds. The van der Waals surface area contributed by atoms with E-state index in [9.17, 15) is 0 Å². The highest BCUT2D eigenvalue weighted by Gasteiger charge is 2.18. The fraction of sp³-hybridized carbons (Fsp3) is 0.222. The Morgan fingerprint density at radius 2 is 2.09 bits per heavy atom. The van der Waals surface area contributed by atoms with Gasteiger partial charge in [-0.15, -0.1) is 0 Å². The van der Waals surface area contributed by atoms with Crippen LogP contribution in [0.2, 0.25) is 5.02 Å². The van der Waals surface area contributed by atoms with Crippen LogP contribution in [0.4, 0.5) is 0 Å². The van der Waals surface area contributed by atoms with E-state index in [0.29, 0.717) is 0 Å². The Kier molecular flexibility index (Phi) is 3.53. The van der Waals surface area contributed by atoms with Gasteiger partial charge in [0.2, 0.25) is 0 Å². The van der Waals surface area contributed by atoms with Gasteiger partial charge in [-0.1, -0.05) is 23.7 Å². The molecule has 4 rings (SSSR count). The zero-order valence-corrected chi connectivity index (χ0v) is 12.9. The molecule has 3 aromatic rings. The highest BCUT2D eigenvalue weighted by Crippen LogP contribution is 2.23. The minimum absolute atomic E-state index is 0.800. The van der Waals surface area contributed by atoms with Crippen LogP contribution in [0.1, 0.15) is 16.8 Å². The topological polar surface area (TPSA) is 29.0 Å². The molecular formula is C18H16ClN3. The van der Waals surface area contributed by atoms with Crippen LogP contribution in [0.15, 0.2) is 48.7 Å². The van der Waals surface area contributed by atoms with Gasteiger partial charge in [0, 0.05) is 48.4 Å². The lowest BCUT2D eigenvalue weighted by molar-refractivity contribution is 0.244. The first-order valence-corrected chi connectivity index (χ1v) is 7.86. The largest absolute Gasteiger partial charge is 0.294 e. The van der Waals surface area contributed by atoms with Crippen LogP contribution in [-0.2, 0) is 19.5 Å². The SMILES string of the molecule is Clc1cccc(CN2CCc3nc4ncccc4cc3C2)c1. The first kappa shape index (κ1) is 13.7. The zero-order chi connectivity index (χ0) is 14.9. The molecule has 0 fully saturated rings. The normalized spacial score (nSPS) is 15.0. The summed E-state index contributed by atoms with van der Waals surface area (Å²) in [5, 5.41) is 1.92. The molecule has 1 aliphatic rings. The number of fused-ring (bicyclic) bond motifs is 2. The van der Waals surface area contributed by atoms with Crippen molar-refractivity contribution in [1.29, 1.82) is 0 Å². The summed E-state index contributed by atoms with van der Waals surface area (Å²) in [5.74, 6) is 0. The highest BCUT2D eigenvalue weighted by molar-refractivity contribution is 6.30. The molecular weight excluding hydrogens is 294 g/mol. The van der Waals surface area contributed by atoms with Crippen LogP contribution in [0.3, 0.4) is 0 Å². The molecule has 110 valence electrons. The second kappa shape index (κ2) is 5.67. The number of rotatable bonds is 2. The summed E-state index contributed by atoms with van der Waals surface area (Å²) < 4.78 is 0. The molecule has 0 N–H and O–H groups in total. The average Bonchev–Trinajstić information content (AvgIpc) is 2.53. The summed E-state index contributed by atoms with van der Waals surface area (Å²) in [6.45, 7) is 2.87. The molecule has 3 nitrogen and oxygen atoms in total. The van der Waals surface area contributed by atoms with Gasteiger partial charge >= 0.3 is 0 Å². The maximum absolute atomic E-state index is 6.07. The third kappa shape index (κ3) is 2.70. The van der Waals surface area contributed by atoms with Crippen molar-refractivity contribution in [3.8, 4) is 0 Å². The van der Waals surface area contributed by atoms with Gasteiger partial charge in [-0.2, -0.15) is 0 Å². The predicted octanol–water partition coefficient (Wildman–Crippen LogP) is 3.84. The first-order chi connectivity index (χ1) is 10.8. The van der Waals surface area contributed by atoms with E-state index in [1.807, 2.05) is 24.3 Å². The first-order valence-electron chi connectivity index (χ1n) is 7.48. The van der Waals surface area contributed by atoms with Crippen LogP contribution in [0, 0.1) is 0 Å². The van der Waals surface area contributed by atoms with E-state index in [4.69, 9.17) is 16.6 Å². The molecule has 0 saturated heterocycles. The van der Waals surface area contributed by atoms with E-state index in [1.165, 1.54) is 16.8 Å². The van der Waals surface area contributed by atoms with Crippen molar-refractivity contribution in [2.24, 2.45) is 0 Å². The van der Waals surface area contributed by atoms with Crippen LogP contribution >= 0.6 is 11.6 Å².